The van der Waals surface area contributed by atoms with Crippen LogP contribution in [0.25, 0.3) is 0 Å². The van der Waals surface area contributed by atoms with Crippen LogP contribution in [0.3, 0.4) is 0 Å². The number of halogens is 1. The summed E-state index contributed by atoms with van der Waals surface area (Å²) in [7, 11) is 6.55. The number of piperidine rings is 1. The fraction of sp³-hybridized carbons (Fsp3) is 0.714. The number of likely N-dealkylation sites (N-methyl/N-ethyl adjacent to an activating group) is 1. The molecule has 3 aliphatic heterocycles. The van der Waals surface area contributed by atoms with Gasteiger partial charge >= 0.3 is 0 Å². The second-order valence-electron chi connectivity index (χ2n) is 9.35. The van der Waals surface area contributed by atoms with E-state index in [0.717, 1.165) is 41.7 Å². The second kappa shape index (κ2) is 5.74. The van der Waals surface area contributed by atoms with Gasteiger partial charge in [0.1, 0.15) is 0 Å². The Hall–Kier alpha value is -0.570. The van der Waals surface area contributed by atoms with Gasteiger partial charge < -0.3 is 47.4 Å². The van der Waals surface area contributed by atoms with Crippen molar-refractivity contribution in [3.8, 4) is 11.5 Å². The number of quaternary nitrogens is 1. The predicted molar refractivity (Wildman–Crippen MR) is 95.5 cm³/mol. The molecule has 0 unspecified atom stereocenters. The van der Waals surface area contributed by atoms with Crippen molar-refractivity contribution in [3.63, 3.8) is 0 Å². The monoisotopic (exact) mass is 485 g/mol. The van der Waals surface area contributed by atoms with Gasteiger partial charge in [-0.3, -0.25) is 0 Å². The Morgan fingerprint density at radius 1 is 1.15 bits per heavy atom. The van der Waals surface area contributed by atoms with Gasteiger partial charge in [-0.2, -0.15) is 0 Å². The van der Waals surface area contributed by atoms with Crippen LogP contribution in [0.2, 0.25) is 0 Å². The number of nitrogens with zero attached hydrogens (tertiary/aromatic N) is 1. The summed E-state index contributed by atoms with van der Waals surface area (Å²) in [5.41, 5.74) is 2.88. The molecule has 0 radical (unpaired) electrons. The van der Waals surface area contributed by atoms with Crippen molar-refractivity contribution in [1.29, 1.82) is 0 Å². The molecule has 5 nitrogen and oxygen atoms in total. The van der Waals surface area contributed by atoms with E-state index in [1.54, 1.807) is 7.11 Å². The van der Waals surface area contributed by atoms with Crippen LogP contribution in [-0.2, 0) is 21.3 Å². The molecular weight excluding hydrogens is 457 g/mol. The minimum atomic E-state index is -0.575. The lowest BCUT2D eigenvalue weighted by molar-refractivity contribution is -0.927. The van der Waals surface area contributed by atoms with E-state index in [-0.39, 0.29) is 35.5 Å². The van der Waals surface area contributed by atoms with Crippen LogP contribution in [0, 0.1) is 5.92 Å². The molecule has 3 heterocycles. The number of rotatable bonds is 1. The molecule has 1 saturated carbocycles. The SMILES string of the molecule is COc1ccc2c3c1O[C@H]1C4(CC[C@H]5[C@@H](C2)[N+](C)(C)CC[C@@]351)OCCO4.[I-]. The Kier molecular flexibility index (Phi) is 3.92. The summed E-state index contributed by atoms with van der Waals surface area (Å²) in [6, 6.07) is 5.00. The van der Waals surface area contributed by atoms with E-state index in [1.165, 1.54) is 17.7 Å². The van der Waals surface area contributed by atoms with Crippen molar-refractivity contribution in [2.24, 2.45) is 5.92 Å². The van der Waals surface area contributed by atoms with Crippen LogP contribution < -0.4 is 33.5 Å². The molecule has 1 aromatic carbocycles. The van der Waals surface area contributed by atoms with Crippen LogP contribution in [-0.4, -0.2) is 63.4 Å². The standard InChI is InChI=1S/C21H28NO4.HI/c1-22(2)9-8-20-14-6-7-21(24-10-11-25-21)19(20)26-18-16(23-3)5-4-13(17(18)20)12-15(14)22;/h4-5,14-15,19H,6-12H2,1-3H3;1H/q+1;/p-1/t14-,15+,19+,20-;/m0./s1. The van der Waals surface area contributed by atoms with Crippen LogP contribution in [0.15, 0.2) is 12.1 Å². The Labute approximate surface area is 177 Å². The summed E-state index contributed by atoms with van der Waals surface area (Å²) in [4.78, 5) is 0. The van der Waals surface area contributed by atoms with E-state index in [1.807, 2.05) is 0 Å². The number of ether oxygens (including phenoxy) is 4. The van der Waals surface area contributed by atoms with Crippen molar-refractivity contribution in [2.75, 3.05) is 41.0 Å². The molecule has 6 heteroatoms. The maximum atomic E-state index is 6.72. The molecule has 2 spiro atoms. The molecule has 1 aromatic rings. The highest BCUT2D eigenvalue weighted by atomic mass is 127. The smallest absolute Gasteiger partial charge is 0.206 e. The van der Waals surface area contributed by atoms with Crippen molar-refractivity contribution in [3.05, 3.63) is 23.3 Å². The van der Waals surface area contributed by atoms with Gasteiger partial charge in [0.15, 0.2) is 17.6 Å². The Bertz CT molecular complexity index is 791. The molecule has 3 fully saturated rings. The molecule has 0 aromatic heterocycles. The fourth-order valence-corrected chi connectivity index (χ4v) is 7.01. The molecule has 5 aliphatic rings. The molecule has 27 heavy (non-hydrogen) atoms. The van der Waals surface area contributed by atoms with Crippen molar-refractivity contribution < 1.29 is 47.4 Å². The van der Waals surface area contributed by atoms with Gasteiger partial charge in [-0.1, -0.05) is 6.07 Å². The Morgan fingerprint density at radius 3 is 2.67 bits per heavy atom. The van der Waals surface area contributed by atoms with E-state index in [9.17, 15) is 0 Å². The van der Waals surface area contributed by atoms with Crippen LogP contribution in [0.4, 0.5) is 0 Å². The summed E-state index contributed by atoms with van der Waals surface area (Å²) >= 11 is 0. The highest BCUT2D eigenvalue weighted by Crippen LogP contribution is 2.67. The maximum absolute atomic E-state index is 6.72. The first-order valence-electron chi connectivity index (χ1n) is 9.99. The quantitative estimate of drug-likeness (QED) is 0.388. The van der Waals surface area contributed by atoms with Crippen LogP contribution >= 0.6 is 0 Å². The molecule has 6 rings (SSSR count). The van der Waals surface area contributed by atoms with Crippen molar-refractivity contribution >= 4 is 0 Å². The minimum Gasteiger partial charge on any atom is -1.00 e. The molecule has 4 atom stereocenters. The van der Waals surface area contributed by atoms with E-state index >= 15 is 0 Å². The molecule has 2 aliphatic carbocycles. The summed E-state index contributed by atoms with van der Waals surface area (Å²) in [6.45, 7) is 2.52. The maximum Gasteiger partial charge on any atom is 0.206 e. The zero-order valence-electron chi connectivity index (χ0n) is 16.3. The highest BCUT2D eigenvalue weighted by Gasteiger charge is 2.73. The molecule has 2 saturated heterocycles. The largest absolute Gasteiger partial charge is 1.00 e. The van der Waals surface area contributed by atoms with E-state index < -0.39 is 5.79 Å². The minimum absolute atomic E-state index is 0. The first-order valence-corrected chi connectivity index (χ1v) is 9.99. The Balaban J connectivity index is 0.00000160. The molecule has 148 valence electrons. The zero-order valence-corrected chi connectivity index (χ0v) is 18.5. The van der Waals surface area contributed by atoms with E-state index in [2.05, 4.69) is 26.2 Å². The summed E-state index contributed by atoms with van der Waals surface area (Å²) in [6.07, 6.45) is 4.31. The first kappa shape index (κ1) is 18.5. The molecule has 0 N–H and O–H groups in total. The van der Waals surface area contributed by atoms with Crippen LogP contribution in [0.1, 0.15) is 30.4 Å². The van der Waals surface area contributed by atoms with Gasteiger partial charge in [0.25, 0.3) is 0 Å². The van der Waals surface area contributed by atoms with Crippen molar-refractivity contribution in [1.82, 2.24) is 0 Å². The van der Waals surface area contributed by atoms with Gasteiger partial charge in [-0.15, -0.1) is 0 Å². The second-order valence-corrected chi connectivity index (χ2v) is 9.35. The van der Waals surface area contributed by atoms with Gasteiger partial charge in [0.05, 0.1) is 52.4 Å². The average Bonchev–Trinajstić information content (AvgIpc) is 3.23. The highest BCUT2D eigenvalue weighted by molar-refractivity contribution is 5.61. The van der Waals surface area contributed by atoms with Gasteiger partial charge in [0, 0.05) is 30.7 Å². The third-order valence-electron chi connectivity index (χ3n) is 8.13. The number of benzene rings is 1. The number of likely N-dealkylation sites (tertiary alicyclic amines) is 1. The van der Waals surface area contributed by atoms with Crippen LogP contribution in [0.5, 0.6) is 11.5 Å². The molecule has 2 bridgehead atoms. The van der Waals surface area contributed by atoms with Crippen molar-refractivity contribution in [2.45, 2.75) is 49.0 Å². The Morgan fingerprint density at radius 2 is 1.93 bits per heavy atom. The number of hydrogen-bond donors (Lipinski definition) is 0. The summed E-state index contributed by atoms with van der Waals surface area (Å²) in [5, 5.41) is 0. The average molecular weight is 485 g/mol. The first-order chi connectivity index (χ1) is 12.5. The zero-order chi connectivity index (χ0) is 17.7. The number of methoxy groups -OCH3 is 1. The molecular formula is C21H28INO4. The lowest BCUT2D eigenvalue weighted by atomic mass is 9.50. The fourth-order valence-electron chi connectivity index (χ4n) is 7.01. The lowest BCUT2D eigenvalue weighted by Gasteiger charge is -2.61. The number of fused-ring (bicyclic) bond motifs is 1. The summed E-state index contributed by atoms with van der Waals surface area (Å²) in [5.74, 6) is 1.87. The third-order valence-corrected chi connectivity index (χ3v) is 8.13. The predicted octanol–water partition coefficient (Wildman–Crippen LogP) is -0.744. The number of hydrogen-bond acceptors (Lipinski definition) is 4. The van der Waals surface area contributed by atoms with Gasteiger partial charge in [0.2, 0.25) is 5.79 Å². The topological polar surface area (TPSA) is 36.9 Å². The van der Waals surface area contributed by atoms with Gasteiger partial charge in [-0.25, -0.2) is 0 Å². The van der Waals surface area contributed by atoms with Gasteiger partial charge in [-0.05, 0) is 18.1 Å². The lowest BCUT2D eigenvalue weighted by Crippen LogP contribution is -3.00. The van der Waals surface area contributed by atoms with E-state index in [0.29, 0.717) is 25.2 Å². The molecule has 0 amide bonds. The van der Waals surface area contributed by atoms with E-state index in [4.69, 9.17) is 18.9 Å². The normalized spacial score (nSPS) is 38.7. The third kappa shape index (κ3) is 2.05. The summed E-state index contributed by atoms with van der Waals surface area (Å²) < 4.78 is 26.0.